The molecule has 2 heterocycles. The second-order valence-corrected chi connectivity index (χ2v) is 6.19. The van der Waals surface area contributed by atoms with Crippen LogP contribution in [0.15, 0.2) is 0 Å². The van der Waals surface area contributed by atoms with Gasteiger partial charge in [-0.3, -0.25) is 0 Å². The van der Waals surface area contributed by atoms with Crippen LogP contribution >= 0.6 is 0 Å². The average molecular weight is 227 g/mol. The van der Waals surface area contributed by atoms with Gasteiger partial charge in [-0.15, -0.1) is 0 Å². The van der Waals surface area contributed by atoms with Crippen molar-refractivity contribution in [2.75, 3.05) is 32.8 Å². The Kier molecular flexibility index (Phi) is 3.88. The zero-order valence-electron chi connectivity index (χ0n) is 10.6. The van der Waals surface area contributed by atoms with Crippen LogP contribution in [0.4, 0.5) is 0 Å². The van der Waals surface area contributed by atoms with Crippen LogP contribution in [0.5, 0.6) is 0 Å². The van der Waals surface area contributed by atoms with Gasteiger partial charge >= 0.3 is 0 Å². The molecule has 0 amide bonds. The average Bonchev–Trinajstić information content (AvgIpc) is 2.68. The van der Waals surface area contributed by atoms with Crippen molar-refractivity contribution in [2.45, 2.75) is 39.2 Å². The van der Waals surface area contributed by atoms with Crippen molar-refractivity contribution in [3.05, 3.63) is 0 Å². The van der Waals surface area contributed by atoms with E-state index in [4.69, 9.17) is 4.74 Å². The molecule has 16 heavy (non-hydrogen) atoms. The van der Waals surface area contributed by atoms with E-state index in [1.54, 1.807) is 0 Å². The Morgan fingerprint density at radius 2 is 2.31 bits per heavy atom. The summed E-state index contributed by atoms with van der Waals surface area (Å²) in [5, 5.41) is 10.1. The number of hydrogen-bond acceptors (Lipinski definition) is 3. The molecule has 2 rings (SSSR count). The molecule has 3 heteroatoms. The van der Waals surface area contributed by atoms with E-state index in [-0.39, 0.29) is 6.10 Å². The lowest BCUT2D eigenvalue weighted by atomic mass is 9.84. The van der Waals surface area contributed by atoms with Gasteiger partial charge in [-0.2, -0.15) is 0 Å². The molecular weight excluding hydrogens is 202 g/mol. The summed E-state index contributed by atoms with van der Waals surface area (Å²) in [5.74, 6) is 0.366. The molecule has 3 nitrogen and oxygen atoms in total. The highest BCUT2D eigenvalue weighted by Crippen LogP contribution is 2.29. The highest BCUT2D eigenvalue weighted by atomic mass is 16.5. The molecule has 0 aromatic carbocycles. The predicted octanol–water partition coefficient (Wildman–Crippen LogP) is 1.51. The van der Waals surface area contributed by atoms with Gasteiger partial charge in [-0.25, -0.2) is 0 Å². The van der Waals surface area contributed by atoms with Crippen LogP contribution in [0.3, 0.4) is 0 Å². The molecule has 0 aromatic heterocycles. The number of rotatable bonds is 3. The molecule has 2 unspecified atom stereocenters. The lowest BCUT2D eigenvalue weighted by molar-refractivity contribution is 0.0277. The Balaban J connectivity index is 1.79. The number of aliphatic hydroxyl groups excluding tert-OH is 1. The first-order valence-electron chi connectivity index (χ1n) is 6.55. The van der Waals surface area contributed by atoms with Crippen LogP contribution in [0.2, 0.25) is 0 Å². The first-order valence-corrected chi connectivity index (χ1v) is 6.55. The minimum atomic E-state index is -0.198. The summed E-state index contributed by atoms with van der Waals surface area (Å²) in [5.41, 5.74) is 0.421. The van der Waals surface area contributed by atoms with E-state index >= 15 is 0 Å². The van der Waals surface area contributed by atoms with Gasteiger partial charge in [0.05, 0.1) is 12.7 Å². The van der Waals surface area contributed by atoms with Crippen molar-refractivity contribution >= 4 is 0 Å². The molecule has 94 valence electrons. The van der Waals surface area contributed by atoms with Gasteiger partial charge in [0.25, 0.3) is 0 Å². The highest BCUT2D eigenvalue weighted by molar-refractivity contribution is 4.83. The molecule has 2 fully saturated rings. The number of likely N-dealkylation sites (tertiary alicyclic amines) is 1. The zero-order valence-corrected chi connectivity index (χ0v) is 10.6. The fourth-order valence-electron chi connectivity index (χ4n) is 2.97. The maximum absolute atomic E-state index is 10.1. The van der Waals surface area contributed by atoms with Gasteiger partial charge < -0.3 is 14.7 Å². The lowest BCUT2D eigenvalue weighted by Crippen LogP contribution is -2.45. The third kappa shape index (κ3) is 3.19. The number of piperidine rings is 1. The fraction of sp³-hybridized carbons (Fsp3) is 1.00. The minimum Gasteiger partial charge on any atom is -0.391 e. The second kappa shape index (κ2) is 5.03. The number of ether oxygens (including phenoxy) is 1. The summed E-state index contributed by atoms with van der Waals surface area (Å²) in [6.45, 7) is 9.32. The number of aliphatic hydroxyl groups is 1. The van der Waals surface area contributed by atoms with Gasteiger partial charge in [0.15, 0.2) is 0 Å². The monoisotopic (exact) mass is 227 g/mol. The number of nitrogens with zero attached hydrogens (tertiary/aromatic N) is 1. The fourth-order valence-corrected chi connectivity index (χ4v) is 2.97. The Morgan fingerprint density at radius 1 is 1.50 bits per heavy atom. The van der Waals surface area contributed by atoms with E-state index in [0.717, 1.165) is 39.3 Å². The van der Waals surface area contributed by atoms with Crippen molar-refractivity contribution < 1.29 is 9.84 Å². The standard InChI is InChI=1S/C13H25NO2/c1-13(2)5-3-6-14(10-13)8-12(15)11-4-7-16-9-11/h11-12,15H,3-10H2,1-2H3. The topological polar surface area (TPSA) is 32.7 Å². The van der Waals surface area contributed by atoms with Gasteiger partial charge in [0, 0.05) is 25.6 Å². The highest BCUT2D eigenvalue weighted by Gasteiger charge is 2.30. The van der Waals surface area contributed by atoms with Crippen molar-refractivity contribution in [3.8, 4) is 0 Å². The maximum atomic E-state index is 10.1. The van der Waals surface area contributed by atoms with E-state index in [1.165, 1.54) is 12.8 Å². The largest absolute Gasteiger partial charge is 0.391 e. The first-order chi connectivity index (χ1) is 7.57. The maximum Gasteiger partial charge on any atom is 0.0718 e. The summed E-state index contributed by atoms with van der Waals surface area (Å²) in [4.78, 5) is 2.42. The Hall–Kier alpha value is -0.120. The van der Waals surface area contributed by atoms with Crippen LogP contribution in [0.1, 0.15) is 33.1 Å². The molecule has 0 radical (unpaired) electrons. The Labute approximate surface area is 98.8 Å². The van der Waals surface area contributed by atoms with Gasteiger partial charge in [-0.05, 0) is 31.2 Å². The van der Waals surface area contributed by atoms with Crippen molar-refractivity contribution in [2.24, 2.45) is 11.3 Å². The second-order valence-electron chi connectivity index (χ2n) is 6.19. The number of β-amino-alcohol motifs (C(OH)–C–C–N with tert-alkyl or cyclic N) is 1. The molecule has 2 aliphatic rings. The van der Waals surface area contributed by atoms with Gasteiger partial charge in [0.2, 0.25) is 0 Å². The zero-order chi connectivity index (χ0) is 11.6. The van der Waals surface area contributed by atoms with E-state index in [1.807, 2.05) is 0 Å². The van der Waals surface area contributed by atoms with Crippen LogP contribution in [-0.2, 0) is 4.74 Å². The Morgan fingerprint density at radius 3 is 2.94 bits per heavy atom. The summed E-state index contributed by atoms with van der Waals surface area (Å²) in [6.07, 6.45) is 3.40. The third-order valence-corrected chi connectivity index (χ3v) is 3.93. The molecule has 2 aliphatic heterocycles. The normalized spacial score (nSPS) is 32.8. The summed E-state index contributed by atoms with van der Waals surface area (Å²) < 4.78 is 5.33. The van der Waals surface area contributed by atoms with Crippen LogP contribution in [0.25, 0.3) is 0 Å². The summed E-state index contributed by atoms with van der Waals surface area (Å²) in [6, 6.07) is 0. The van der Waals surface area contributed by atoms with E-state index in [0.29, 0.717) is 11.3 Å². The SMILES string of the molecule is CC1(C)CCCN(CC(O)C2CCOC2)C1. The number of hydrogen-bond donors (Lipinski definition) is 1. The minimum absolute atomic E-state index is 0.198. The van der Waals surface area contributed by atoms with Crippen molar-refractivity contribution in [1.82, 2.24) is 4.90 Å². The van der Waals surface area contributed by atoms with Gasteiger partial charge in [0.1, 0.15) is 0 Å². The van der Waals surface area contributed by atoms with E-state index < -0.39 is 0 Å². The predicted molar refractivity (Wildman–Crippen MR) is 64.4 cm³/mol. The first kappa shape index (κ1) is 12.3. The smallest absolute Gasteiger partial charge is 0.0718 e. The van der Waals surface area contributed by atoms with Crippen LogP contribution in [0, 0.1) is 11.3 Å². The summed E-state index contributed by atoms with van der Waals surface area (Å²) in [7, 11) is 0. The summed E-state index contributed by atoms with van der Waals surface area (Å²) >= 11 is 0. The molecular formula is C13H25NO2. The van der Waals surface area contributed by atoms with Crippen LogP contribution < -0.4 is 0 Å². The van der Waals surface area contributed by atoms with E-state index in [9.17, 15) is 5.11 Å². The molecule has 0 aromatic rings. The molecule has 0 bridgehead atoms. The Bertz CT molecular complexity index is 224. The van der Waals surface area contributed by atoms with Gasteiger partial charge in [-0.1, -0.05) is 13.8 Å². The molecule has 2 saturated heterocycles. The molecule has 2 atom stereocenters. The van der Waals surface area contributed by atoms with Crippen LogP contribution in [-0.4, -0.2) is 49.0 Å². The third-order valence-electron chi connectivity index (χ3n) is 3.93. The van der Waals surface area contributed by atoms with Crippen molar-refractivity contribution in [3.63, 3.8) is 0 Å². The molecule has 0 saturated carbocycles. The molecule has 1 N–H and O–H groups in total. The van der Waals surface area contributed by atoms with Crippen molar-refractivity contribution in [1.29, 1.82) is 0 Å². The van der Waals surface area contributed by atoms with E-state index in [2.05, 4.69) is 18.7 Å². The molecule has 0 aliphatic carbocycles. The quantitative estimate of drug-likeness (QED) is 0.793. The lowest BCUT2D eigenvalue weighted by Gasteiger charge is -2.39. The molecule has 0 spiro atoms.